The minimum atomic E-state index is -0.766. The molecule has 1 saturated carbocycles. The lowest BCUT2D eigenvalue weighted by Gasteiger charge is -2.05. The van der Waals surface area contributed by atoms with Crippen LogP contribution in [0.1, 0.15) is 19.8 Å². The van der Waals surface area contributed by atoms with Gasteiger partial charge in [0.05, 0.1) is 0 Å². The van der Waals surface area contributed by atoms with E-state index in [-0.39, 0.29) is 11.7 Å². The standard InChI is InChI=1S/C8H12O2/c1-5(2)7(9)8(10)6-3-4-6/h6,8,10H,1,3-4H2,2H3. The van der Waals surface area contributed by atoms with Crippen molar-refractivity contribution in [2.75, 3.05) is 0 Å². The van der Waals surface area contributed by atoms with E-state index in [9.17, 15) is 9.90 Å². The Hall–Kier alpha value is -0.630. The Balaban J connectivity index is 2.46. The fraction of sp³-hybridized carbons (Fsp3) is 0.625. The van der Waals surface area contributed by atoms with Crippen molar-refractivity contribution in [2.45, 2.75) is 25.9 Å². The zero-order valence-corrected chi connectivity index (χ0v) is 6.13. The summed E-state index contributed by atoms with van der Waals surface area (Å²) in [5, 5.41) is 9.22. The summed E-state index contributed by atoms with van der Waals surface area (Å²) in [6.45, 7) is 5.11. The summed E-state index contributed by atoms with van der Waals surface area (Å²) < 4.78 is 0. The summed E-state index contributed by atoms with van der Waals surface area (Å²) in [6, 6.07) is 0. The lowest BCUT2D eigenvalue weighted by molar-refractivity contribution is -0.124. The van der Waals surface area contributed by atoms with Crippen molar-refractivity contribution in [3.63, 3.8) is 0 Å². The van der Waals surface area contributed by atoms with Crippen LogP contribution >= 0.6 is 0 Å². The van der Waals surface area contributed by atoms with Crippen molar-refractivity contribution in [2.24, 2.45) is 5.92 Å². The summed E-state index contributed by atoms with van der Waals surface area (Å²) >= 11 is 0. The molecule has 56 valence electrons. The van der Waals surface area contributed by atoms with Gasteiger partial charge < -0.3 is 5.11 Å². The number of Topliss-reactive ketones (excluding diaryl/α,β-unsaturated/α-hetero) is 1. The average Bonchev–Trinajstić information content (AvgIpc) is 2.65. The highest BCUT2D eigenvalue weighted by Gasteiger charge is 2.34. The molecule has 1 rings (SSSR count). The molecule has 1 fully saturated rings. The maximum Gasteiger partial charge on any atom is 0.186 e. The second-order valence-corrected chi connectivity index (χ2v) is 2.93. The van der Waals surface area contributed by atoms with E-state index in [0.29, 0.717) is 5.57 Å². The van der Waals surface area contributed by atoms with Crippen LogP contribution in [0, 0.1) is 5.92 Å². The Bertz CT molecular complexity index is 168. The minimum Gasteiger partial charge on any atom is -0.385 e. The van der Waals surface area contributed by atoms with Gasteiger partial charge in [0, 0.05) is 0 Å². The molecule has 2 heteroatoms. The number of hydrogen-bond acceptors (Lipinski definition) is 2. The highest BCUT2D eigenvalue weighted by atomic mass is 16.3. The van der Waals surface area contributed by atoms with Crippen molar-refractivity contribution in [3.05, 3.63) is 12.2 Å². The second-order valence-electron chi connectivity index (χ2n) is 2.93. The average molecular weight is 140 g/mol. The third-order valence-corrected chi connectivity index (χ3v) is 1.76. The molecule has 0 aromatic carbocycles. The van der Waals surface area contributed by atoms with Gasteiger partial charge in [-0.25, -0.2) is 0 Å². The fourth-order valence-corrected chi connectivity index (χ4v) is 0.878. The largest absolute Gasteiger partial charge is 0.385 e. The normalized spacial score (nSPS) is 20.2. The van der Waals surface area contributed by atoms with Crippen LogP contribution in [-0.4, -0.2) is 17.0 Å². The summed E-state index contributed by atoms with van der Waals surface area (Å²) in [4.78, 5) is 11.0. The van der Waals surface area contributed by atoms with Gasteiger partial charge in [-0.1, -0.05) is 6.58 Å². The van der Waals surface area contributed by atoms with Gasteiger partial charge in [-0.2, -0.15) is 0 Å². The number of rotatable bonds is 3. The smallest absolute Gasteiger partial charge is 0.186 e. The van der Waals surface area contributed by atoms with Gasteiger partial charge in [0.2, 0.25) is 0 Å². The fourth-order valence-electron chi connectivity index (χ4n) is 0.878. The molecule has 0 aliphatic heterocycles. The maximum absolute atomic E-state index is 11.0. The molecular formula is C8H12O2. The molecule has 0 heterocycles. The molecule has 0 radical (unpaired) electrons. The number of carbonyl (C=O) groups excluding carboxylic acids is 1. The second kappa shape index (κ2) is 2.54. The van der Waals surface area contributed by atoms with E-state index in [1.54, 1.807) is 6.92 Å². The molecule has 0 bridgehead atoms. The first-order valence-electron chi connectivity index (χ1n) is 3.50. The number of carbonyl (C=O) groups is 1. The van der Waals surface area contributed by atoms with Crippen LogP contribution in [0.25, 0.3) is 0 Å². The summed E-state index contributed by atoms with van der Waals surface area (Å²) in [5.41, 5.74) is 0.458. The zero-order chi connectivity index (χ0) is 7.72. The SMILES string of the molecule is C=C(C)C(=O)C(O)C1CC1. The topological polar surface area (TPSA) is 37.3 Å². The van der Waals surface area contributed by atoms with E-state index in [0.717, 1.165) is 12.8 Å². The number of ketones is 1. The van der Waals surface area contributed by atoms with Gasteiger partial charge >= 0.3 is 0 Å². The molecule has 0 aromatic heterocycles. The highest BCUT2D eigenvalue weighted by molar-refractivity contribution is 5.97. The lowest BCUT2D eigenvalue weighted by atomic mass is 10.1. The first kappa shape index (κ1) is 7.48. The Morgan fingerprint density at radius 3 is 2.50 bits per heavy atom. The van der Waals surface area contributed by atoms with Gasteiger partial charge in [0.1, 0.15) is 6.10 Å². The molecule has 0 spiro atoms. The van der Waals surface area contributed by atoms with Crippen molar-refractivity contribution in [3.8, 4) is 0 Å². The number of hydrogen-bond donors (Lipinski definition) is 1. The molecule has 1 N–H and O–H groups in total. The summed E-state index contributed by atoms with van der Waals surface area (Å²) in [6.07, 6.45) is 1.21. The van der Waals surface area contributed by atoms with E-state index in [2.05, 4.69) is 6.58 Å². The van der Waals surface area contributed by atoms with E-state index in [4.69, 9.17) is 0 Å². The molecule has 1 aliphatic rings. The molecule has 1 aliphatic carbocycles. The molecule has 10 heavy (non-hydrogen) atoms. The highest BCUT2D eigenvalue weighted by Crippen LogP contribution is 2.33. The van der Waals surface area contributed by atoms with Crippen LogP contribution in [-0.2, 0) is 4.79 Å². The van der Waals surface area contributed by atoms with Crippen LogP contribution in [0.5, 0.6) is 0 Å². The third kappa shape index (κ3) is 1.45. The predicted molar refractivity (Wildman–Crippen MR) is 38.6 cm³/mol. The molecule has 1 unspecified atom stereocenters. The third-order valence-electron chi connectivity index (χ3n) is 1.76. The Morgan fingerprint density at radius 1 is 1.70 bits per heavy atom. The predicted octanol–water partition coefficient (Wildman–Crippen LogP) is 0.902. The maximum atomic E-state index is 11.0. The van der Waals surface area contributed by atoms with Crippen molar-refractivity contribution in [1.82, 2.24) is 0 Å². The van der Waals surface area contributed by atoms with Gasteiger partial charge in [0.15, 0.2) is 5.78 Å². The van der Waals surface area contributed by atoms with Crippen LogP contribution < -0.4 is 0 Å². The lowest BCUT2D eigenvalue weighted by Crippen LogP contribution is -2.22. The van der Waals surface area contributed by atoms with E-state index >= 15 is 0 Å². The van der Waals surface area contributed by atoms with Gasteiger partial charge in [0.25, 0.3) is 0 Å². The molecule has 2 nitrogen and oxygen atoms in total. The minimum absolute atomic E-state index is 0.192. The van der Waals surface area contributed by atoms with Crippen LogP contribution in [0.3, 0.4) is 0 Å². The monoisotopic (exact) mass is 140 g/mol. The van der Waals surface area contributed by atoms with Crippen molar-refractivity contribution in [1.29, 1.82) is 0 Å². The molecule has 0 amide bonds. The Kier molecular flexibility index (Phi) is 1.90. The first-order chi connectivity index (χ1) is 4.63. The van der Waals surface area contributed by atoms with Crippen LogP contribution in [0.15, 0.2) is 12.2 Å². The molecule has 0 aromatic rings. The van der Waals surface area contributed by atoms with Gasteiger partial charge in [-0.3, -0.25) is 4.79 Å². The summed E-state index contributed by atoms with van der Waals surface area (Å²) in [5.74, 6) is 0.0340. The number of aliphatic hydroxyl groups is 1. The van der Waals surface area contributed by atoms with Crippen molar-refractivity contribution >= 4 is 5.78 Å². The van der Waals surface area contributed by atoms with Crippen LogP contribution in [0.2, 0.25) is 0 Å². The number of aliphatic hydroxyl groups excluding tert-OH is 1. The van der Waals surface area contributed by atoms with E-state index in [1.165, 1.54) is 0 Å². The first-order valence-corrected chi connectivity index (χ1v) is 3.50. The summed E-state index contributed by atoms with van der Waals surface area (Å²) in [7, 11) is 0. The zero-order valence-electron chi connectivity index (χ0n) is 6.13. The van der Waals surface area contributed by atoms with Crippen molar-refractivity contribution < 1.29 is 9.90 Å². The molecule has 1 atom stereocenters. The molecular weight excluding hydrogens is 128 g/mol. The Labute approximate surface area is 60.6 Å². The van der Waals surface area contributed by atoms with Gasteiger partial charge in [-0.15, -0.1) is 0 Å². The van der Waals surface area contributed by atoms with Crippen LogP contribution in [0.4, 0.5) is 0 Å². The van der Waals surface area contributed by atoms with Gasteiger partial charge in [-0.05, 0) is 31.3 Å². The van der Waals surface area contributed by atoms with E-state index < -0.39 is 6.10 Å². The molecule has 0 saturated heterocycles. The Morgan fingerprint density at radius 2 is 2.20 bits per heavy atom. The van der Waals surface area contributed by atoms with E-state index in [1.807, 2.05) is 0 Å². The quantitative estimate of drug-likeness (QED) is 0.591.